The molecule has 1 aromatic heterocycles. The molecule has 0 aliphatic rings. The largest absolute Gasteiger partial charge is 0.508 e. The minimum absolute atomic E-state index is 0.217. The standard InChI is InChI=1S/C26H18N2O2/c29-20-14-11-17(12-15-20)21-8-3-6-19-7-4-10-23(25(19)21)28-26(30)24-16-13-18-5-1-2-9-22(18)27-24/h1-16,29H,(H,28,30). The number of hydrogen-bond acceptors (Lipinski definition) is 3. The molecule has 5 rings (SSSR count). The summed E-state index contributed by atoms with van der Waals surface area (Å²) in [4.78, 5) is 17.5. The molecule has 0 saturated carbocycles. The average molecular weight is 390 g/mol. The van der Waals surface area contributed by atoms with Gasteiger partial charge in [0.2, 0.25) is 0 Å². The Hall–Kier alpha value is -4.18. The van der Waals surface area contributed by atoms with Crippen molar-refractivity contribution in [2.45, 2.75) is 0 Å². The first-order valence-electron chi connectivity index (χ1n) is 9.67. The fourth-order valence-corrected chi connectivity index (χ4v) is 3.71. The average Bonchev–Trinajstić information content (AvgIpc) is 2.79. The van der Waals surface area contributed by atoms with E-state index in [1.807, 2.05) is 78.9 Å². The Bertz CT molecular complexity index is 1390. The van der Waals surface area contributed by atoms with Crippen LogP contribution in [-0.2, 0) is 0 Å². The Morgan fingerprint density at radius 3 is 2.30 bits per heavy atom. The molecule has 0 fully saturated rings. The molecule has 144 valence electrons. The first-order valence-corrected chi connectivity index (χ1v) is 9.67. The molecule has 30 heavy (non-hydrogen) atoms. The highest BCUT2D eigenvalue weighted by atomic mass is 16.3. The number of fused-ring (bicyclic) bond motifs is 2. The van der Waals surface area contributed by atoms with Crippen LogP contribution in [0.4, 0.5) is 5.69 Å². The summed E-state index contributed by atoms with van der Waals surface area (Å²) >= 11 is 0. The van der Waals surface area contributed by atoms with Crippen molar-refractivity contribution < 1.29 is 9.90 Å². The molecule has 0 bridgehead atoms. The molecule has 0 spiro atoms. The van der Waals surface area contributed by atoms with E-state index in [1.54, 1.807) is 18.2 Å². The molecule has 5 aromatic rings. The number of aromatic nitrogens is 1. The number of aromatic hydroxyl groups is 1. The molecule has 1 heterocycles. The number of pyridine rings is 1. The Morgan fingerprint density at radius 2 is 1.47 bits per heavy atom. The van der Waals surface area contributed by atoms with Gasteiger partial charge in [-0.25, -0.2) is 4.98 Å². The number of carbonyl (C=O) groups is 1. The van der Waals surface area contributed by atoms with E-state index < -0.39 is 0 Å². The predicted molar refractivity (Wildman–Crippen MR) is 121 cm³/mol. The minimum atomic E-state index is -0.256. The predicted octanol–water partition coefficient (Wildman–Crippen LogP) is 6.01. The van der Waals surface area contributed by atoms with E-state index in [0.29, 0.717) is 5.69 Å². The molecule has 0 saturated heterocycles. The van der Waals surface area contributed by atoms with Crippen molar-refractivity contribution in [2.24, 2.45) is 0 Å². The molecule has 2 N–H and O–H groups in total. The van der Waals surface area contributed by atoms with E-state index in [9.17, 15) is 9.90 Å². The molecule has 0 atom stereocenters. The van der Waals surface area contributed by atoms with Gasteiger partial charge in [-0.2, -0.15) is 0 Å². The molecule has 0 unspecified atom stereocenters. The summed E-state index contributed by atoms with van der Waals surface area (Å²) in [5.74, 6) is -0.0383. The second-order valence-corrected chi connectivity index (χ2v) is 7.10. The van der Waals surface area contributed by atoms with Crippen LogP contribution in [0.5, 0.6) is 5.75 Å². The van der Waals surface area contributed by atoms with Crippen LogP contribution in [0, 0.1) is 0 Å². The molecular formula is C26H18N2O2. The Morgan fingerprint density at radius 1 is 0.733 bits per heavy atom. The fraction of sp³-hybridized carbons (Fsp3) is 0. The molecule has 1 amide bonds. The van der Waals surface area contributed by atoms with Crippen molar-refractivity contribution in [1.82, 2.24) is 4.98 Å². The smallest absolute Gasteiger partial charge is 0.274 e. The second kappa shape index (κ2) is 7.33. The quantitative estimate of drug-likeness (QED) is 0.396. The third-order valence-electron chi connectivity index (χ3n) is 5.16. The van der Waals surface area contributed by atoms with Crippen LogP contribution in [-0.4, -0.2) is 16.0 Å². The molecule has 4 nitrogen and oxygen atoms in total. The summed E-state index contributed by atoms with van der Waals surface area (Å²) in [5.41, 5.74) is 3.82. The van der Waals surface area contributed by atoms with Gasteiger partial charge in [-0.3, -0.25) is 4.79 Å². The van der Waals surface area contributed by atoms with E-state index >= 15 is 0 Å². The summed E-state index contributed by atoms with van der Waals surface area (Å²) < 4.78 is 0. The maximum atomic E-state index is 13.0. The molecule has 0 aliphatic heterocycles. The maximum absolute atomic E-state index is 13.0. The van der Waals surface area contributed by atoms with Gasteiger partial charge in [0.1, 0.15) is 11.4 Å². The van der Waals surface area contributed by atoms with Gasteiger partial charge in [0.25, 0.3) is 5.91 Å². The number of nitrogens with zero attached hydrogens (tertiary/aromatic N) is 1. The number of rotatable bonds is 3. The highest BCUT2D eigenvalue weighted by Crippen LogP contribution is 2.34. The van der Waals surface area contributed by atoms with Crippen LogP contribution < -0.4 is 5.32 Å². The third kappa shape index (κ3) is 3.25. The van der Waals surface area contributed by atoms with E-state index in [2.05, 4.69) is 10.3 Å². The Kier molecular flexibility index (Phi) is 4.37. The lowest BCUT2D eigenvalue weighted by Gasteiger charge is -2.13. The van der Waals surface area contributed by atoms with E-state index in [-0.39, 0.29) is 11.7 Å². The zero-order valence-electron chi connectivity index (χ0n) is 16.0. The summed E-state index contributed by atoms with van der Waals surface area (Å²) in [7, 11) is 0. The molecule has 0 radical (unpaired) electrons. The third-order valence-corrected chi connectivity index (χ3v) is 5.16. The monoisotopic (exact) mass is 390 g/mol. The van der Waals surface area contributed by atoms with Crippen molar-refractivity contribution >= 4 is 33.3 Å². The van der Waals surface area contributed by atoms with Crippen LogP contribution in [0.2, 0.25) is 0 Å². The SMILES string of the molecule is O=C(Nc1cccc2cccc(-c3ccc(O)cc3)c12)c1ccc2ccccc2n1. The number of benzene rings is 4. The lowest BCUT2D eigenvalue weighted by atomic mass is 9.97. The van der Waals surface area contributed by atoms with Gasteiger partial charge in [0.15, 0.2) is 0 Å². The fourth-order valence-electron chi connectivity index (χ4n) is 3.71. The Labute approximate surface area is 173 Å². The lowest BCUT2D eigenvalue weighted by molar-refractivity contribution is 0.102. The van der Waals surface area contributed by atoms with E-state index in [1.165, 1.54) is 0 Å². The second-order valence-electron chi connectivity index (χ2n) is 7.10. The van der Waals surface area contributed by atoms with Crippen molar-refractivity contribution in [3.63, 3.8) is 0 Å². The van der Waals surface area contributed by atoms with Crippen molar-refractivity contribution in [3.05, 3.63) is 103 Å². The van der Waals surface area contributed by atoms with Gasteiger partial charge in [0.05, 0.1) is 5.52 Å². The van der Waals surface area contributed by atoms with Gasteiger partial charge in [0, 0.05) is 16.5 Å². The molecule has 0 aliphatic carbocycles. The van der Waals surface area contributed by atoms with Crippen LogP contribution in [0.1, 0.15) is 10.5 Å². The van der Waals surface area contributed by atoms with Gasteiger partial charge >= 0.3 is 0 Å². The zero-order chi connectivity index (χ0) is 20.5. The number of hydrogen-bond donors (Lipinski definition) is 2. The molecular weight excluding hydrogens is 372 g/mol. The zero-order valence-corrected chi connectivity index (χ0v) is 16.0. The number of phenols is 1. The number of para-hydroxylation sites is 1. The van der Waals surface area contributed by atoms with Gasteiger partial charge < -0.3 is 10.4 Å². The van der Waals surface area contributed by atoms with Crippen molar-refractivity contribution in [3.8, 4) is 16.9 Å². The summed E-state index contributed by atoms with van der Waals surface area (Å²) in [6.45, 7) is 0. The number of phenolic OH excluding ortho intramolecular Hbond substituents is 1. The first-order chi connectivity index (χ1) is 14.7. The number of anilines is 1. The normalized spacial score (nSPS) is 10.9. The topological polar surface area (TPSA) is 62.2 Å². The van der Waals surface area contributed by atoms with Crippen molar-refractivity contribution in [2.75, 3.05) is 5.32 Å². The number of nitrogens with one attached hydrogen (secondary N) is 1. The lowest BCUT2D eigenvalue weighted by Crippen LogP contribution is -2.14. The van der Waals surface area contributed by atoms with E-state index in [0.717, 1.165) is 38.5 Å². The van der Waals surface area contributed by atoms with Gasteiger partial charge in [-0.15, -0.1) is 0 Å². The highest BCUT2D eigenvalue weighted by molar-refractivity contribution is 6.12. The molecule has 4 aromatic carbocycles. The summed E-state index contributed by atoms with van der Waals surface area (Å²) in [5, 5.41) is 15.6. The van der Waals surface area contributed by atoms with Crippen LogP contribution in [0.25, 0.3) is 32.8 Å². The number of amides is 1. The molecule has 4 heteroatoms. The highest BCUT2D eigenvalue weighted by Gasteiger charge is 2.13. The Balaban J connectivity index is 1.58. The van der Waals surface area contributed by atoms with Gasteiger partial charge in [-0.05, 0) is 46.8 Å². The van der Waals surface area contributed by atoms with Crippen molar-refractivity contribution in [1.29, 1.82) is 0 Å². The van der Waals surface area contributed by atoms with E-state index in [4.69, 9.17) is 0 Å². The van der Waals surface area contributed by atoms with Crippen LogP contribution in [0.15, 0.2) is 97.1 Å². The number of carbonyl (C=O) groups excluding carboxylic acids is 1. The summed E-state index contributed by atoms with van der Waals surface area (Å²) in [6, 6.07) is 30.3. The van der Waals surface area contributed by atoms with Gasteiger partial charge in [-0.1, -0.05) is 66.7 Å². The summed E-state index contributed by atoms with van der Waals surface area (Å²) in [6.07, 6.45) is 0. The van der Waals surface area contributed by atoms with Crippen LogP contribution in [0.3, 0.4) is 0 Å². The minimum Gasteiger partial charge on any atom is -0.508 e. The van der Waals surface area contributed by atoms with Crippen LogP contribution >= 0.6 is 0 Å². The first kappa shape index (κ1) is 17.9. The maximum Gasteiger partial charge on any atom is 0.274 e.